The lowest BCUT2D eigenvalue weighted by Crippen LogP contribution is -2.39. The van der Waals surface area contributed by atoms with Crippen LogP contribution in [0.3, 0.4) is 0 Å². The second kappa shape index (κ2) is 5.32. The summed E-state index contributed by atoms with van der Waals surface area (Å²) in [4.78, 5) is 11.3. The minimum atomic E-state index is -0.275. The second-order valence-corrected chi connectivity index (χ2v) is 3.79. The first-order valence-corrected chi connectivity index (χ1v) is 5.22. The monoisotopic (exact) mass is 201 g/mol. The Morgan fingerprint density at radius 1 is 1.57 bits per heavy atom. The van der Waals surface area contributed by atoms with Crippen molar-refractivity contribution in [2.24, 2.45) is 0 Å². The first kappa shape index (κ1) is 11.5. The Morgan fingerprint density at radius 3 is 2.79 bits per heavy atom. The fourth-order valence-corrected chi connectivity index (χ4v) is 1.31. The molecule has 1 amide bonds. The van der Waals surface area contributed by atoms with Crippen molar-refractivity contribution in [3.63, 3.8) is 0 Å². The molecule has 1 fully saturated rings. The standard InChI is InChI=1S/C10H19NO3/c1-2-14-7-3-4-9(13)11-10(8-12)5-6-10/h12H,2-8H2,1H3,(H,11,13). The number of carbonyl (C=O) groups excluding carboxylic acids is 1. The van der Waals surface area contributed by atoms with Crippen LogP contribution in [0.1, 0.15) is 32.6 Å². The molecule has 14 heavy (non-hydrogen) atoms. The van der Waals surface area contributed by atoms with Crippen LogP contribution >= 0.6 is 0 Å². The summed E-state index contributed by atoms with van der Waals surface area (Å²) < 4.78 is 5.13. The SMILES string of the molecule is CCOCCCC(=O)NC1(CO)CC1. The number of carbonyl (C=O) groups is 1. The summed E-state index contributed by atoms with van der Waals surface area (Å²) in [6.45, 7) is 3.33. The van der Waals surface area contributed by atoms with E-state index < -0.39 is 0 Å². The van der Waals surface area contributed by atoms with Crippen LogP contribution in [0, 0.1) is 0 Å². The molecule has 2 N–H and O–H groups in total. The molecule has 1 rings (SSSR count). The fraction of sp³-hybridized carbons (Fsp3) is 0.900. The van der Waals surface area contributed by atoms with E-state index in [1.54, 1.807) is 0 Å². The van der Waals surface area contributed by atoms with Gasteiger partial charge in [-0.25, -0.2) is 0 Å². The molecule has 1 aliphatic rings. The summed E-state index contributed by atoms with van der Waals surface area (Å²) in [6, 6.07) is 0. The Hall–Kier alpha value is -0.610. The van der Waals surface area contributed by atoms with Gasteiger partial charge in [-0.15, -0.1) is 0 Å². The van der Waals surface area contributed by atoms with Crippen LogP contribution in [0.15, 0.2) is 0 Å². The molecular weight excluding hydrogens is 182 g/mol. The Kier molecular flexibility index (Phi) is 4.35. The van der Waals surface area contributed by atoms with Crippen molar-refractivity contribution in [3.05, 3.63) is 0 Å². The van der Waals surface area contributed by atoms with Crippen molar-refractivity contribution in [3.8, 4) is 0 Å². The van der Waals surface area contributed by atoms with E-state index in [-0.39, 0.29) is 18.1 Å². The Morgan fingerprint density at radius 2 is 2.29 bits per heavy atom. The molecule has 0 spiro atoms. The lowest BCUT2D eigenvalue weighted by molar-refractivity contribution is -0.122. The van der Waals surface area contributed by atoms with E-state index in [9.17, 15) is 4.79 Å². The Labute approximate surface area is 84.6 Å². The predicted octanol–water partition coefficient (Wildman–Crippen LogP) is 0.444. The van der Waals surface area contributed by atoms with Gasteiger partial charge in [-0.1, -0.05) is 0 Å². The molecule has 0 heterocycles. The van der Waals surface area contributed by atoms with Crippen LogP contribution in [-0.2, 0) is 9.53 Å². The zero-order chi connectivity index (χ0) is 10.4. The summed E-state index contributed by atoms with van der Waals surface area (Å²) in [5.74, 6) is 0.0243. The average molecular weight is 201 g/mol. The molecule has 1 aliphatic carbocycles. The molecule has 0 aromatic rings. The molecule has 0 saturated heterocycles. The summed E-state index contributed by atoms with van der Waals surface area (Å²) in [5.41, 5.74) is -0.275. The highest BCUT2D eigenvalue weighted by Crippen LogP contribution is 2.34. The van der Waals surface area contributed by atoms with Crippen molar-refractivity contribution in [2.45, 2.75) is 38.1 Å². The van der Waals surface area contributed by atoms with Gasteiger partial charge < -0.3 is 15.2 Å². The summed E-state index contributed by atoms with van der Waals surface area (Å²) >= 11 is 0. The van der Waals surface area contributed by atoms with Crippen LogP contribution in [0.2, 0.25) is 0 Å². The van der Waals surface area contributed by atoms with E-state index in [4.69, 9.17) is 9.84 Å². The number of aliphatic hydroxyl groups excluding tert-OH is 1. The summed E-state index contributed by atoms with van der Waals surface area (Å²) in [7, 11) is 0. The van der Waals surface area contributed by atoms with E-state index in [0.29, 0.717) is 19.6 Å². The molecule has 4 heteroatoms. The highest BCUT2D eigenvalue weighted by molar-refractivity contribution is 5.77. The smallest absolute Gasteiger partial charge is 0.220 e. The number of rotatable bonds is 7. The fourth-order valence-electron chi connectivity index (χ4n) is 1.31. The van der Waals surface area contributed by atoms with E-state index in [1.807, 2.05) is 6.92 Å². The molecule has 1 saturated carbocycles. The zero-order valence-electron chi connectivity index (χ0n) is 8.71. The molecule has 0 aromatic heterocycles. The number of nitrogens with one attached hydrogen (secondary N) is 1. The Balaban J connectivity index is 2.04. The molecule has 0 radical (unpaired) electrons. The maximum atomic E-state index is 11.3. The minimum absolute atomic E-state index is 0.0243. The van der Waals surface area contributed by atoms with Crippen LogP contribution in [0.4, 0.5) is 0 Å². The molecular formula is C10H19NO3. The number of ether oxygens (including phenoxy) is 1. The number of hydrogen-bond donors (Lipinski definition) is 2. The van der Waals surface area contributed by atoms with Crippen molar-refractivity contribution in [1.29, 1.82) is 0 Å². The van der Waals surface area contributed by atoms with Gasteiger partial charge in [-0.2, -0.15) is 0 Å². The van der Waals surface area contributed by atoms with Crippen LogP contribution in [0.5, 0.6) is 0 Å². The molecule has 0 bridgehead atoms. The lowest BCUT2D eigenvalue weighted by atomic mass is 10.2. The number of aliphatic hydroxyl groups is 1. The summed E-state index contributed by atoms with van der Waals surface area (Å²) in [5, 5.41) is 11.8. The maximum absolute atomic E-state index is 11.3. The van der Waals surface area contributed by atoms with E-state index in [0.717, 1.165) is 19.3 Å². The number of amides is 1. The molecule has 0 aliphatic heterocycles. The van der Waals surface area contributed by atoms with Gasteiger partial charge in [0.25, 0.3) is 0 Å². The van der Waals surface area contributed by atoms with Crippen LogP contribution < -0.4 is 5.32 Å². The van der Waals surface area contributed by atoms with Gasteiger partial charge in [0, 0.05) is 19.6 Å². The van der Waals surface area contributed by atoms with Gasteiger partial charge in [0.05, 0.1) is 12.1 Å². The van der Waals surface area contributed by atoms with Crippen LogP contribution in [-0.4, -0.2) is 36.4 Å². The van der Waals surface area contributed by atoms with E-state index >= 15 is 0 Å². The molecule has 82 valence electrons. The third kappa shape index (κ3) is 3.64. The van der Waals surface area contributed by atoms with Gasteiger partial charge in [-0.05, 0) is 26.2 Å². The summed E-state index contributed by atoms with van der Waals surface area (Å²) in [6.07, 6.45) is 3.05. The lowest BCUT2D eigenvalue weighted by Gasteiger charge is -2.13. The first-order chi connectivity index (χ1) is 6.72. The van der Waals surface area contributed by atoms with Crippen molar-refractivity contribution in [1.82, 2.24) is 5.32 Å². The van der Waals surface area contributed by atoms with Gasteiger partial charge in [0.15, 0.2) is 0 Å². The minimum Gasteiger partial charge on any atom is -0.394 e. The largest absolute Gasteiger partial charge is 0.394 e. The third-order valence-corrected chi connectivity index (χ3v) is 2.46. The van der Waals surface area contributed by atoms with Gasteiger partial charge in [0.1, 0.15) is 0 Å². The second-order valence-electron chi connectivity index (χ2n) is 3.79. The van der Waals surface area contributed by atoms with E-state index in [2.05, 4.69) is 5.32 Å². The first-order valence-electron chi connectivity index (χ1n) is 5.22. The normalized spacial score (nSPS) is 17.9. The number of hydrogen-bond acceptors (Lipinski definition) is 3. The molecule has 0 atom stereocenters. The molecule has 4 nitrogen and oxygen atoms in total. The van der Waals surface area contributed by atoms with Gasteiger partial charge >= 0.3 is 0 Å². The highest BCUT2D eigenvalue weighted by atomic mass is 16.5. The topological polar surface area (TPSA) is 58.6 Å². The van der Waals surface area contributed by atoms with Crippen molar-refractivity contribution < 1.29 is 14.6 Å². The predicted molar refractivity (Wildman–Crippen MR) is 52.9 cm³/mol. The van der Waals surface area contributed by atoms with Crippen LogP contribution in [0.25, 0.3) is 0 Å². The third-order valence-electron chi connectivity index (χ3n) is 2.46. The van der Waals surface area contributed by atoms with Gasteiger partial charge in [-0.3, -0.25) is 4.79 Å². The van der Waals surface area contributed by atoms with Gasteiger partial charge in [0.2, 0.25) is 5.91 Å². The average Bonchev–Trinajstić information content (AvgIpc) is 2.93. The highest BCUT2D eigenvalue weighted by Gasteiger charge is 2.43. The molecule has 0 aromatic carbocycles. The van der Waals surface area contributed by atoms with Crippen molar-refractivity contribution >= 4 is 5.91 Å². The van der Waals surface area contributed by atoms with E-state index in [1.165, 1.54) is 0 Å². The zero-order valence-corrected chi connectivity index (χ0v) is 8.71. The Bertz CT molecular complexity index is 190. The maximum Gasteiger partial charge on any atom is 0.220 e. The van der Waals surface area contributed by atoms with Crippen molar-refractivity contribution in [2.75, 3.05) is 19.8 Å². The molecule has 0 unspecified atom stereocenters. The quantitative estimate of drug-likeness (QED) is 0.588.